The molecule has 0 spiro atoms. The van der Waals surface area contributed by atoms with Crippen molar-refractivity contribution < 1.29 is 24.0 Å². The number of nitrogens with one attached hydrogen (secondary N) is 1. The van der Waals surface area contributed by atoms with Gasteiger partial charge in [-0.05, 0) is 25.8 Å². The van der Waals surface area contributed by atoms with Crippen LogP contribution in [0.4, 0.5) is 5.69 Å². The topological polar surface area (TPSA) is 108 Å². The molecule has 0 saturated carbocycles. The third kappa shape index (κ3) is 4.59. The molecule has 1 unspecified atom stereocenters. The zero-order valence-electron chi connectivity index (χ0n) is 15.8. The van der Waals surface area contributed by atoms with Crippen molar-refractivity contribution >= 4 is 33.6 Å². The molecule has 1 N–H and O–H groups in total. The van der Waals surface area contributed by atoms with Crippen LogP contribution in [0.15, 0.2) is 46.8 Å². The Balaban J connectivity index is 2.60. The minimum absolute atomic E-state index is 0.137. The molecule has 2 rings (SSSR count). The first-order chi connectivity index (χ1) is 13.3. The Kier molecular flexibility index (Phi) is 7.33. The van der Waals surface area contributed by atoms with Crippen molar-refractivity contribution in [1.82, 2.24) is 5.32 Å². The van der Waals surface area contributed by atoms with Gasteiger partial charge in [-0.25, -0.2) is 9.59 Å². The average molecular weight is 453 g/mol. The van der Waals surface area contributed by atoms with Crippen LogP contribution in [0.1, 0.15) is 31.7 Å². The summed E-state index contributed by atoms with van der Waals surface area (Å²) in [4.78, 5) is 36.0. The number of carbonyl (C=O) groups is 2. The highest BCUT2D eigenvalue weighted by atomic mass is 79.9. The van der Waals surface area contributed by atoms with E-state index >= 15 is 0 Å². The van der Waals surface area contributed by atoms with E-state index in [0.717, 1.165) is 0 Å². The van der Waals surface area contributed by atoms with Gasteiger partial charge in [-0.15, -0.1) is 0 Å². The van der Waals surface area contributed by atoms with Crippen LogP contribution in [0.25, 0.3) is 0 Å². The molecule has 150 valence electrons. The Morgan fingerprint density at radius 2 is 1.86 bits per heavy atom. The van der Waals surface area contributed by atoms with Gasteiger partial charge in [0, 0.05) is 28.9 Å². The third-order valence-corrected chi connectivity index (χ3v) is 4.87. The maximum Gasteiger partial charge on any atom is 0.336 e. The Hall–Kier alpha value is -2.68. The van der Waals surface area contributed by atoms with Crippen molar-refractivity contribution in [2.24, 2.45) is 0 Å². The van der Waals surface area contributed by atoms with Gasteiger partial charge >= 0.3 is 11.9 Å². The summed E-state index contributed by atoms with van der Waals surface area (Å²) in [5.74, 6) is -2.05. The number of methoxy groups -OCH3 is 1. The minimum atomic E-state index is -0.843. The molecule has 1 atom stereocenters. The van der Waals surface area contributed by atoms with E-state index in [1.165, 1.54) is 25.3 Å². The van der Waals surface area contributed by atoms with Crippen LogP contribution in [0.3, 0.4) is 0 Å². The minimum Gasteiger partial charge on any atom is -0.466 e. The first-order valence-electron chi connectivity index (χ1n) is 8.56. The van der Waals surface area contributed by atoms with Gasteiger partial charge in [-0.2, -0.15) is 0 Å². The number of nitro groups is 1. The molecule has 8 nitrogen and oxygen atoms in total. The molecule has 0 fully saturated rings. The van der Waals surface area contributed by atoms with Gasteiger partial charge in [0.25, 0.3) is 5.69 Å². The number of dihydropyridines is 1. The van der Waals surface area contributed by atoms with Gasteiger partial charge in [-0.3, -0.25) is 10.1 Å². The maximum absolute atomic E-state index is 12.8. The summed E-state index contributed by atoms with van der Waals surface area (Å²) in [5, 5.41) is 14.9. The number of nitrogens with zero attached hydrogens (tertiary/aromatic N) is 1. The molecule has 1 heterocycles. The molecule has 0 saturated heterocycles. The first kappa shape index (κ1) is 21.6. The lowest BCUT2D eigenvalue weighted by Crippen LogP contribution is -2.32. The number of halogens is 1. The molecule has 1 aliphatic heterocycles. The predicted octanol–water partition coefficient (Wildman–Crippen LogP) is 3.33. The maximum atomic E-state index is 12.8. The number of hydrogen-bond acceptors (Lipinski definition) is 7. The van der Waals surface area contributed by atoms with Crippen molar-refractivity contribution in [2.45, 2.75) is 26.2 Å². The van der Waals surface area contributed by atoms with Crippen LogP contribution >= 0.6 is 15.9 Å². The molecule has 1 aliphatic rings. The molecule has 0 radical (unpaired) electrons. The highest BCUT2D eigenvalue weighted by Crippen LogP contribution is 2.40. The van der Waals surface area contributed by atoms with E-state index in [2.05, 4.69) is 21.2 Å². The lowest BCUT2D eigenvalue weighted by molar-refractivity contribution is -0.384. The highest BCUT2D eigenvalue weighted by Gasteiger charge is 2.38. The number of nitro benzene ring substituents is 1. The van der Waals surface area contributed by atoms with Gasteiger partial charge in [0.05, 0.1) is 35.7 Å². The summed E-state index contributed by atoms with van der Waals surface area (Å²) < 4.78 is 10.2. The number of non-ortho nitro benzene ring substituents is 1. The smallest absolute Gasteiger partial charge is 0.336 e. The van der Waals surface area contributed by atoms with Crippen molar-refractivity contribution in [3.05, 3.63) is 62.5 Å². The molecule has 9 heteroatoms. The molecule has 0 bridgehead atoms. The van der Waals surface area contributed by atoms with Gasteiger partial charge in [0.1, 0.15) is 0 Å². The number of allylic oxidation sites excluding steroid dienone is 2. The zero-order chi connectivity index (χ0) is 20.8. The second-order valence-corrected chi connectivity index (χ2v) is 6.95. The lowest BCUT2D eigenvalue weighted by atomic mass is 9.80. The molecule has 0 aromatic heterocycles. The normalized spacial score (nSPS) is 16.5. The predicted molar refractivity (Wildman–Crippen MR) is 106 cm³/mol. The van der Waals surface area contributed by atoms with E-state index in [1.807, 2.05) is 0 Å². The average Bonchev–Trinajstić information content (AvgIpc) is 2.67. The van der Waals surface area contributed by atoms with Crippen LogP contribution in [0.5, 0.6) is 0 Å². The molecule has 0 amide bonds. The van der Waals surface area contributed by atoms with E-state index in [9.17, 15) is 19.7 Å². The third-order valence-electron chi connectivity index (χ3n) is 4.31. The molecule has 1 aromatic rings. The molecule has 1 aromatic carbocycles. The fourth-order valence-corrected chi connectivity index (χ4v) is 3.32. The standard InChI is InChI=1S/C19H21BrN2O6/c1-11-15(18(23)27-3)17(13-6-4-7-14(10-13)22(25)26)16(12(2)21-11)19(24)28-9-5-8-20/h4,6-7,10,17,21H,5,8-9H2,1-3H3. The van der Waals surface area contributed by atoms with E-state index < -0.39 is 22.8 Å². The van der Waals surface area contributed by atoms with Crippen LogP contribution in [0, 0.1) is 10.1 Å². The summed E-state index contributed by atoms with van der Waals surface area (Å²) in [6.45, 7) is 3.59. The van der Waals surface area contributed by atoms with Gasteiger partial charge in [0.2, 0.25) is 0 Å². The van der Waals surface area contributed by atoms with Gasteiger partial charge in [-0.1, -0.05) is 28.1 Å². The summed E-state index contributed by atoms with van der Waals surface area (Å²) in [6, 6.07) is 5.86. The van der Waals surface area contributed by atoms with Gasteiger partial charge in [0.15, 0.2) is 0 Å². The Bertz CT molecular complexity index is 862. The van der Waals surface area contributed by atoms with Crippen molar-refractivity contribution in [2.75, 3.05) is 19.0 Å². The Morgan fingerprint density at radius 1 is 1.21 bits per heavy atom. The summed E-state index contributed by atoms with van der Waals surface area (Å²) in [6.07, 6.45) is 0.631. The van der Waals surface area contributed by atoms with Crippen LogP contribution in [-0.4, -0.2) is 35.9 Å². The summed E-state index contributed by atoms with van der Waals surface area (Å²) >= 11 is 3.28. The van der Waals surface area contributed by atoms with E-state index in [0.29, 0.717) is 28.7 Å². The highest BCUT2D eigenvalue weighted by molar-refractivity contribution is 9.09. The quantitative estimate of drug-likeness (QED) is 0.222. The zero-order valence-corrected chi connectivity index (χ0v) is 17.4. The van der Waals surface area contributed by atoms with Crippen molar-refractivity contribution in [3.63, 3.8) is 0 Å². The van der Waals surface area contributed by atoms with E-state index in [-0.39, 0.29) is 23.4 Å². The number of rotatable bonds is 7. The Morgan fingerprint density at radius 3 is 2.43 bits per heavy atom. The second kappa shape index (κ2) is 9.50. The van der Waals surface area contributed by atoms with Gasteiger partial charge < -0.3 is 14.8 Å². The van der Waals surface area contributed by atoms with Crippen molar-refractivity contribution in [1.29, 1.82) is 0 Å². The van der Waals surface area contributed by atoms with E-state index in [4.69, 9.17) is 9.47 Å². The first-order valence-corrected chi connectivity index (χ1v) is 9.68. The Labute approximate surface area is 170 Å². The number of benzene rings is 1. The fraction of sp³-hybridized carbons (Fsp3) is 0.368. The number of ether oxygens (including phenoxy) is 2. The second-order valence-electron chi connectivity index (χ2n) is 6.16. The molecule has 28 heavy (non-hydrogen) atoms. The molecule has 0 aliphatic carbocycles. The largest absolute Gasteiger partial charge is 0.466 e. The fourth-order valence-electron chi connectivity index (χ4n) is 3.09. The SMILES string of the molecule is COC(=O)C1=C(C)NC(C)=C(C(=O)OCCCBr)C1c1cccc([N+](=O)[O-])c1. The summed E-state index contributed by atoms with van der Waals surface area (Å²) in [7, 11) is 1.24. The molecular formula is C19H21BrN2O6. The number of alkyl halides is 1. The van der Waals surface area contributed by atoms with Crippen LogP contribution < -0.4 is 5.32 Å². The van der Waals surface area contributed by atoms with Crippen LogP contribution in [0.2, 0.25) is 0 Å². The van der Waals surface area contributed by atoms with E-state index in [1.54, 1.807) is 19.9 Å². The monoisotopic (exact) mass is 452 g/mol. The number of hydrogen-bond donors (Lipinski definition) is 1. The summed E-state index contributed by atoms with van der Waals surface area (Å²) in [5.41, 5.74) is 1.76. The number of carbonyl (C=O) groups excluding carboxylic acids is 2. The van der Waals surface area contributed by atoms with Crippen LogP contribution in [-0.2, 0) is 19.1 Å². The molecular weight excluding hydrogens is 432 g/mol. The van der Waals surface area contributed by atoms with Crippen molar-refractivity contribution in [3.8, 4) is 0 Å². The number of esters is 2. The lowest BCUT2D eigenvalue weighted by Gasteiger charge is -2.30.